The molecule has 1 aromatic heterocycles. The van der Waals surface area contributed by atoms with Crippen molar-refractivity contribution in [2.45, 2.75) is 0 Å². The molecule has 0 saturated carbocycles. The van der Waals surface area contributed by atoms with Gasteiger partial charge in [0.05, 0.1) is 10.9 Å². The number of benzene rings is 1. The van der Waals surface area contributed by atoms with E-state index < -0.39 is 39.3 Å². The van der Waals surface area contributed by atoms with Gasteiger partial charge in [-0.25, -0.2) is 13.2 Å². The largest absolute Gasteiger partial charge is 0.357 e. The fourth-order valence-corrected chi connectivity index (χ4v) is 1.38. The number of nitrogens with zero attached hydrogens (tertiary/aromatic N) is 1. The summed E-state index contributed by atoms with van der Waals surface area (Å²) in [7, 11) is 0. The van der Waals surface area contributed by atoms with Gasteiger partial charge in [0.25, 0.3) is 0 Å². The summed E-state index contributed by atoms with van der Waals surface area (Å²) in [6, 6.07) is 1.83. The third kappa shape index (κ3) is 1.26. The lowest BCUT2D eigenvalue weighted by molar-refractivity contribution is 0.504. The van der Waals surface area contributed by atoms with Gasteiger partial charge < -0.3 is 4.98 Å². The quantitative estimate of drug-likeness (QED) is 0.694. The van der Waals surface area contributed by atoms with Crippen LogP contribution in [-0.2, 0) is 0 Å². The van der Waals surface area contributed by atoms with Crippen LogP contribution < -0.4 is 5.43 Å². The molecular formula is C10H3F3N2O. The Morgan fingerprint density at radius 2 is 1.94 bits per heavy atom. The molecule has 6 heteroatoms. The van der Waals surface area contributed by atoms with Crippen molar-refractivity contribution >= 4 is 10.9 Å². The topological polar surface area (TPSA) is 56.6 Å². The van der Waals surface area contributed by atoms with Crippen LogP contribution in [0.1, 0.15) is 5.56 Å². The van der Waals surface area contributed by atoms with Gasteiger partial charge in [0.15, 0.2) is 17.5 Å². The summed E-state index contributed by atoms with van der Waals surface area (Å²) < 4.78 is 39.3. The average Bonchev–Trinajstić information content (AvgIpc) is 2.26. The van der Waals surface area contributed by atoms with Gasteiger partial charge in [-0.3, -0.25) is 4.79 Å². The van der Waals surface area contributed by atoms with Crippen molar-refractivity contribution < 1.29 is 13.2 Å². The van der Waals surface area contributed by atoms with Gasteiger partial charge in [-0.2, -0.15) is 5.26 Å². The molecule has 0 aliphatic carbocycles. The smallest absolute Gasteiger partial charge is 0.210 e. The minimum absolute atomic E-state index is 0.333. The number of rotatable bonds is 0. The molecule has 0 saturated heterocycles. The number of halogens is 3. The zero-order valence-electron chi connectivity index (χ0n) is 7.64. The monoisotopic (exact) mass is 224 g/mol. The van der Waals surface area contributed by atoms with Gasteiger partial charge >= 0.3 is 0 Å². The molecule has 2 rings (SSSR count). The normalized spacial score (nSPS) is 10.4. The molecule has 2 aromatic rings. The first-order chi connectivity index (χ1) is 7.56. The Morgan fingerprint density at radius 1 is 1.25 bits per heavy atom. The second-order valence-corrected chi connectivity index (χ2v) is 3.05. The molecule has 0 fully saturated rings. The van der Waals surface area contributed by atoms with Crippen molar-refractivity contribution in [1.82, 2.24) is 4.98 Å². The van der Waals surface area contributed by atoms with E-state index in [1.54, 1.807) is 0 Å². The molecule has 0 atom stereocenters. The fourth-order valence-electron chi connectivity index (χ4n) is 1.38. The molecule has 0 radical (unpaired) electrons. The van der Waals surface area contributed by atoms with E-state index >= 15 is 0 Å². The summed E-state index contributed by atoms with van der Waals surface area (Å²) in [6.45, 7) is 0. The van der Waals surface area contributed by atoms with Crippen LogP contribution in [0, 0.1) is 28.8 Å². The second-order valence-electron chi connectivity index (χ2n) is 3.05. The van der Waals surface area contributed by atoms with Crippen molar-refractivity contribution in [2.75, 3.05) is 0 Å². The van der Waals surface area contributed by atoms with Crippen molar-refractivity contribution in [3.63, 3.8) is 0 Å². The highest BCUT2D eigenvalue weighted by atomic mass is 19.2. The molecule has 0 aliphatic rings. The van der Waals surface area contributed by atoms with Gasteiger partial charge in [0.2, 0.25) is 5.43 Å². The van der Waals surface area contributed by atoms with E-state index in [-0.39, 0.29) is 0 Å². The number of nitriles is 1. The molecule has 3 nitrogen and oxygen atoms in total. The number of H-pyrrole nitrogens is 1. The van der Waals surface area contributed by atoms with E-state index in [1.165, 1.54) is 6.07 Å². The fraction of sp³-hybridized carbons (Fsp3) is 0. The van der Waals surface area contributed by atoms with Gasteiger partial charge in [-0.15, -0.1) is 0 Å². The molecule has 0 bridgehead atoms. The van der Waals surface area contributed by atoms with Crippen LogP contribution in [0.25, 0.3) is 10.9 Å². The molecule has 80 valence electrons. The zero-order chi connectivity index (χ0) is 11.9. The van der Waals surface area contributed by atoms with Gasteiger partial charge in [0, 0.05) is 12.3 Å². The summed E-state index contributed by atoms with van der Waals surface area (Å²) in [4.78, 5) is 13.7. The lowest BCUT2D eigenvalue weighted by Gasteiger charge is -2.02. The van der Waals surface area contributed by atoms with E-state index in [9.17, 15) is 18.0 Å². The average molecular weight is 224 g/mol. The number of hydrogen-bond donors (Lipinski definition) is 1. The summed E-state index contributed by atoms with van der Waals surface area (Å²) in [5.74, 6) is -4.02. The standard InChI is InChI=1S/C10H3F3N2O/c11-5-1-6(12)9-7(8(5)13)10(16)4(2-14)3-15-9/h1,3H,(H,15,16). The number of fused-ring (bicyclic) bond motifs is 1. The Bertz CT molecular complexity index is 685. The highest BCUT2D eigenvalue weighted by Crippen LogP contribution is 2.19. The number of nitrogens with one attached hydrogen (secondary N) is 1. The Balaban J connectivity index is 3.10. The van der Waals surface area contributed by atoms with Crippen molar-refractivity contribution in [2.24, 2.45) is 0 Å². The summed E-state index contributed by atoms with van der Waals surface area (Å²) in [5, 5.41) is 7.75. The molecule has 0 amide bonds. The Morgan fingerprint density at radius 3 is 2.56 bits per heavy atom. The lowest BCUT2D eigenvalue weighted by atomic mass is 10.1. The predicted octanol–water partition coefficient (Wildman–Crippen LogP) is 1.82. The first-order valence-corrected chi connectivity index (χ1v) is 4.15. The van der Waals surface area contributed by atoms with Crippen LogP contribution in [0.2, 0.25) is 0 Å². The van der Waals surface area contributed by atoms with E-state index in [0.717, 1.165) is 6.20 Å². The highest BCUT2D eigenvalue weighted by Gasteiger charge is 2.17. The molecule has 0 unspecified atom stereocenters. The van der Waals surface area contributed by atoms with E-state index in [4.69, 9.17) is 5.26 Å². The van der Waals surface area contributed by atoms with Crippen LogP contribution in [0.3, 0.4) is 0 Å². The zero-order valence-corrected chi connectivity index (χ0v) is 7.64. The van der Waals surface area contributed by atoms with Crippen LogP contribution in [0.15, 0.2) is 17.1 Å². The lowest BCUT2D eigenvalue weighted by Crippen LogP contribution is -2.11. The van der Waals surface area contributed by atoms with E-state index in [0.29, 0.717) is 6.07 Å². The molecule has 1 heterocycles. The van der Waals surface area contributed by atoms with Gasteiger partial charge in [-0.05, 0) is 0 Å². The van der Waals surface area contributed by atoms with E-state index in [2.05, 4.69) is 4.98 Å². The second kappa shape index (κ2) is 3.38. The molecule has 16 heavy (non-hydrogen) atoms. The first kappa shape index (κ1) is 10.2. The Hall–Kier alpha value is -2.29. The number of aromatic amines is 1. The maximum absolute atomic E-state index is 13.3. The summed E-state index contributed by atoms with van der Waals surface area (Å²) in [5.41, 5.74) is -1.90. The maximum atomic E-state index is 13.3. The highest BCUT2D eigenvalue weighted by molar-refractivity contribution is 5.80. The first-order valence-electron chi connectivity index (χ1n) is 4.15. The van der Waals surface area contributed by atoms with Crippen LogP contribution in [0.5, 0.6) is 0 Å². The summed E-state index contributed by atoms with van der Waals surface area (Å²) in [6.07, 6.45) is 0.949. The van der Waals surface area contributed by atoms with Gasteiger partial charge in [-0.1, -0.05) is 0 Å². The summed E-state index contributed by atoms with van der Waals surface area (Å²) >= 11 is 0. The molecular weight excluding hydrogens is 221 g/mol. The van der Waals surface area contributed by atoms with Crippen LogP contribution >= 0.6 is 0 Å². The van der Waals surface area contributed by atoms with Crippen LogP contribution in [0.4, 0.5) is 13.2 Å². The molecule has 0 aliphatic heterocycles. The number of aromatic nitrogens is 1. The third-order valence-electron chi connectivity index (χ3n) is 2.12. The number of hydrogen-bond acceptors (Lipinski definition) is 2. The third-order valence-corrected chi connectivity index (χ3v) is 2.12. The van der Waals surface area contributed by atoms with Crippen LogP contribution in [-0.4, -0.2) is 4.98 Å². The van der Waals surface area contributed by atoms with Crippen molar-refractivity contribution in [1.29, 1.82) is 5.26 Å². The predicted molar refractivity (Wildman–Crippen MR) is 49.2 cm³/mol. The number of pyridine rings is 1. The van der Waals surface area contributed by atoms with E-state index in [1.807, 2.05) is 0 Å². The minimum atomic E-state index is -1.47. The minimum Gasteiger partial charge on any atom is -0.357 e. The Labute approximate surface area is 86.7 Å². The maximum Gasteiger partial charge on any atom is 0.210 e. The van der Waals surface area contributed by atoms with Gasteiger partial charge in [0.1, 0.15) is 11.6 Å². The van der Waals surface area contributed by atoms with Crippen molar-refractivity contribution in [3.05, 3.63) is 45.5 Å². The van der Waals surface area contributed by atoms with Crippen molar-refractivity contribution in [3.8, 4) is 6.07 Å². The SMILES string of the molecule is N#Cc1c[nH]c2c(F)cc(F)c(F)c2c1=O. The molecule has 1 aromatic carbocycles. The molecule has 1 N–H and O–H groups in total. The molecule has 0 spiro atoms. The Kier molecular flexibility index (Phi) is 2.16.